The zero-order chi connectivity index (χ0) is 13.1. The van der Waals surface area contributed by atoms with Crippen molar-refractivity contribution in [2.75, 3.05) is 0 Å². The summed E-state index contributed by atoms with van der Waals surface area (Å²) in [5.74, 6) is 0.0225. The van der Waals surface area contributed by atoms with Gasteiger partial charge in [-0.15, -0.1) is 12.4 Å². The van der Waals surface area contributed by atoms with Gasteiger partial charge in [0.2, 0.25) is 0 Å². The van der Waals surface area contributed by atoms with E-state index in [2.05, 4.69) is 21.2 Å². The van der Waals surface area contributed by atoms with Crippen LogP contribution in [-0.2, 0) is 0 Å². The Morgan fingerprint density at radius 3 is 2.58 bits per heavy atom. The van der Waals surface area contributed by atoms with Gasteiger partial charge in [-0.2, -0.15) is 0 Å². The number of benzene rings is 1. The summed E-state index contributed by atoms with van der Waals surface area (Å²) in [6.45, 7) is 1.96. The standard InChI is InChI=1S/C14H19BrN2O.ClH/c1-9-2-3-10(15)8-13(9)14(18)17-12-6-4-11(16)5-7-12;/h2-3,8,11-12H,4-7,16H2,1H3,(H,17,18);1H. The Bertz CT molecular complexity index is 445. The number of rotatable bonds is 2. The molecule has 3 N–H and O–H groups in total. The number of amides is 1. The summed E-state index contributed by atoms with van der Waals surface area (Å²) in [6, 6.07) is 6.36. The third kappa shape index (κ3) is 4.48. The van der Waals surface area contributed by atoms with Crippen molar-refractivity contribution < 1.29 is 4.79 Å². The summed E-state index contributed by atoms with van der Waals surface area (Å²) in [6.07, 6.45) is 3.98. The fourth-order valence-electron chi connectivity index (χ4n) is 2.37. The average molecular weight is 348 g/mol. The first kappa shape index (κ1) is 16.5. The molecule has 0 atom stereocenters. The van der Waals surface area contributed by atoms with E-state index in [1.807, 2.05) is 25.1 Å². The van der Waals surface area contributed by atoms with E-state index < -0.39 is 0 Å². The maximum atomic E-state index is 12.2. The maximum absolute atomic E-state index is 12.2. The van der Waals surface area contributed by atoms with Crippen LogP contribution in [0.25, 0.3) is 0 Å². The van der Waals surface area contributed by atoms with Crippen LogP contribution in [0.1, 0.15) is 41.6 Å². The molecule has 1 aromatic rings. The number of aryl methyl sites for hydroxylation is 1. The SMILES string of the molecule is Cc1ccc(Br)cc1C(=O)NC1CCC(N)CC1.Cl. The third-order valence-electron chi connectivity index (χ3n) is 3.55. The Labute approximate surface area is 128 Å². The molecule has 106 valence electrons. The zero-order valence-electron chi connectivity index (χ0n) is 11.0. The molecule has 1 aliphatic carbocycles. The molecule has 0 heterocycles. The van der Waals surface area contributed by atoms with E-state index in [4.69, 9.17) is 5.73 Å². The minimum Gasteiger partial charge on any atom is -0.349 e. The zero-order valence-corrected chi connectivity index (χ0v) is 13.4. The van der Waals surface area contributed by atoms with Crippen LogP contribution in [0.3, 0.4) is 0 Å². The third-order valence-corrected chi connectivity index (χ3v) is 4.04. The van der Waals surface area contributed by atoms with Gasteiger partial charge < -0.3 is 11.1 Å². The molecule has 1 fully saturated rings. The number of carbonyl (C=O) groups excluding carboxylic acids is 1. The average Bonchev–Trinajstić information content (AvgIpc) is 2.35. The molecule has 0 spiro atoms. The molecule has 19 heavy (non-hydrogen) atoms. The highest BCUT2D eigenvalue weighted by atomic mass is 79.9. The molecule has 1 saturated carbocycles. The van der Waals surface area contributed by atoms with Crippen molar-refractivity contribution >= 4 is 34.2 Å². The fraction of sp³-hybridized carbons (Fsp3) is 0.500. The van der Waals surface area contributed by atoms with E-state index >= 15 is 0 Å². The van der Waals surface area contributed by atoms with Crippen molar-refractivity contribution in [3.63, 3.8) is 0 Å². The predicted molar refractivity (Wildman–Crippen MR) is 83.8 cm³/mol. The van der Waals surface area contributed by atoms with Crippen LogP contribution in [0.2, 0.25) is 0 Å². The lowest BCUT2D eigenvalue weighted by atomic mass is 9.91. The smallest absolute Gasteiger partial charge is 0.251 e. The van der Waals surface area contributed by atoms with Crippen molar-refractivity contribution in [1.29, 1.82) is 0 Å². The number of carbonyl (C=O) groups is 1. The molecule has 0 radical (unpaired) electrons. The first-order chi connectivity index (χ1) is 8.56. The monoisotopic (exact) mass is 346 g/mol. The summed E-state index contributed by atoms with van der Waals surface area (Å²) in [4.78, 5) is 12.2. The second-order valence-electron chi connectivity index (χ2n) is 5.04. The van der Waals surface area contributed by atoms with Gasteiger partial charge in [-0.25, -0.2) is 0 Å². The van der Waals surface area contributed by atoms with Gasteiger partial charge in [0.25, 0.3) is 5.91 Å². The van der Waals surface area contributed by atoms with Gasteiger partial charge in [0.15, 0.2) is 0 Å². The van der Waals surface area contributed by atoms with Gasteiger partial charge in [0.1, 0.15) is 0 Å². The van der Waals surface area contributed by atoms with Crippen molar-refractivity contribution in [3.8, 4) is 0 Å². The van der Waals surface area contributed by atoms with E-state index in [1.165, 1.54) is 0 Å². The normalized spacial score (nSPS) is 22.5. The summed E-state index contributed by atoms with van der Waals surface area (Å²) in [7, 11) is 0. The number of hydrogen-bond acceptors (Lipinski definition) is 2. The summed E-state index contributed by atoms with van der Waals surface area (Å²) >= 11 is 3.40. The van der Waals surface area contributed by atoms with E-state index in [9.17, 15) is 4.79 Å². The topological polar surface area (TPSA) is 55.1 Å². The second kappa shape index (κ2) is 7.27. The number of halogens is 2. The minimum absolute atomic E-state index is 0. The minimum atomic E-state index is 0. The van der Waals surface area contributed by atoms with Gasteiger partial charge in [0.05, 0.1) is 0 Å². The van der Waals surface area contributed by atoms with Crippen molar-refractivity contribution in [2.45, 2.75) is 44.7 Å². The Kier molecular flexibility index (Phi) is 6.30. The van der Waals surface area contributed by atoms with Gasteiger partial charge in [-0.1, -0.05) is 22.0 Å². The quantitative estimate of drug-likeness (QED) is 0.863. The van der Waals surface area contributed by atoms with Crippen LogP contribution >= 0.6 is 28.3 Å². The maximum Gasteiger partial charge on any atom is 0.251 e. The predicted octanol–water partition coefficient (Wildman–Crippen LogP) is 3.18. The lowest BCUT2D eigenvalue weighted by Gasteiger charge is -2.27. The van der Waals surface area contributed by atoms with Crippen molar-refractivity contribution in [2.24, 2.45) is 5.73 Å². The molecule has 0 aromatic heterocycles. The molecular formula is C14H20BrClN2O. The van der Waals surface area contributed by atoms with Crippen molar-refractivity contribution in [3.05, 3.63) is 33.8 Å². The lowest BCUT2D eigenvalue weighted by Crippen LogP contribution is -2.40. The summed E-state index contributed by atoms with van der Waals surface area (Å²) in [5.41, 5.74) is 7.62. The number of nitrogens with one attached hydrogen (secondary N) is 1. The van der Waals surface area contributed by atoms with Gasteiger partial charge in [-0.3, -0.25) is 4.79 Å². The van der Waals surface area contributed by atoms with Gasteiger partial charge in [-0.05, 0) is 50.3 Å². The van der Waals surface area contributed by atoms with Crippen LogP contribution in [-0.4, -0.2) is 18.0 Å². The van der Waals surface area contributed by atoms with Gasteiger partial charge in [0, 0.05) is 22.1 Å². The van der Waals surface area contributed by atoms with Crippen LogP contribution in [0.15, 0.2) is 22.7 Å². The molecule has 3 nitrogen and oxygen atoms in total. The Balaban J connectivity index is 0.00000180. The van der Waals surface area contributed by atoms with E-state index in [0.717, 1.165) is 41.3 Å². The van der Waals surface area contributed by atoms with E-state index in [0.29, 0.717) is 6.04 Å². The first-order valence-electron chi connectivity index (χ1n) is 6.39. The molecule has 1 aliphatic rings. The van der Waals surface area contributed by atoms with Gasteiger partial charge >= 0.3 is 0 Å². The largest absolute Gasteiger partial charge is 0.349 e. The lowest BCUT2D eigenvalue weighted by molar-refractivity contribution is 0.0925. The molecular weight excluding hydrogens is 328 g/mol. The van der Waals surface area contributed by atoms with Crippen LogP contribution < -0.4 is 11.1 Å². The van der Waals surface area contributed by atoms with E-state index in [1.54, 1.807) is 0 Å². The number of nitrogens with two attached hydrogens (primary N) is 1. The highest BCUT2D eigenvalue weighted by molar-refractivity contribution is 9.10. The highest BCUT2D eigenvalue weighted by Crippen LogP contribution is 2.19. The highest BCUT2D eigenvalue weighted by Gasteiger charge is 2.21. The Morgan fingerprint density at radius 2 is 1.95 bits per heavy atom. The first-order valence-corrected chi connectivity index (χ1v) is 7.18. The van der Waals surface area contributed by atoms with E-state index in [-0.39, 0.29) is 24.4 Å². The van der Waals surface area contributed by atoms with Crippen LogP contribution in [0.4, 0.5) is 0 Å². The van der Waals surface area contributed by atoms with Crippen molar-refractivity contribution in [1.82, 2.24) is 5.32 Å². The summed E-state index contributed by atoms with van der Waals surface area (Å²) in [5, 5.41) is 3.11. The molecule has 0 bridgehead atoms. The Morgan fingerprint density at radius 1 is 1.32 bits per heavy atom. The van der Waals surface area contributed by atoms with Crippen LogP contribution in [0, 0.1) is 6.92 Å². The second-order valence-corrected chi connectivity index (χ2v) is 5.96. The fourth-order valence-corrected chi connectivity index (χ4v) is 2.73. The Hall–Kier alpha value is -0.580. The number of hydrogen-bond donors (Lipinski definition) is 2. The molecule has 5 heteroatoms. The molecule has 0 aliphatic heterocycles. The molecule has 1 amide bonds. The van der Waals surface area contributed by atoms with Crippen LogP contribution in [0.5, 0.6) is 0 Å². The summed E-state index contributed by atoms with van der Waals surface area (Å²) < 4.78 is 0.934. The molecule has 2 rings (SSSR count). The molecule has 0 saturated heterocycles. The molecule has 0 unspecified atom stereocenters. The molecule has 1 aromatic carbocycles.